The van der Waals surface area contributed by atoms with E-state index in [1.807, 2.05) is 5.92 Å². The van der Waals surface area contributed by atoms with Gasteiger partial charge in [0.15, 0.2) is 0 Å². The molecule has 0 saturated carbocycles. The van der Waals surface area contributed by atoms with Gasteiger partial charge in [0.05, 0.1) is 0 Å². The Morgan fingerprint density at radius 1 is 1.75 bits per heavy atom. The highest BCUT2D eigenvalue weighted by Crippen LogP contribution is 1.77. The van der Waals surface area contributed by atoms with Gasteiger partial charge in [0.2, 0.25) is 0 Å². The minimum absolute atomic E-state index is 1.19. The molecule has 0 radical (unpaired) electrons. The average Bonchev–Trinajstić information content (AvgIpc) is 1.83. The van der Waals surface area contributed by atoms with Crippen molar-refractivity contribution in [2.75, 3.05) is 0 Å². The molecule has 0 fully saturated rings. The van der Waals surface area contributed by atoms with E-state index >= 15 is 0 Å². The molecular formula is C6H6O2. The normalized spacial score (nSPS) is 10.1. The van der Waals surface area contributed by atoms with Crippen molar-refractivity contribution in [2.24, 2.45) is 0 Å². The Morgan fingerprint density at radius 2 is 2.38 bits per heavy atom. The molecule has 1 N–H and O–H groups in total. The molecule has 1 unspecified atom stereocenters. The van der Waals surface area contributed by atoms with Crippen molar-refractivity contribution in [3.8, 4) is 24.4 Å². The van der Waals surface area contributed by atoms with E-state index in [2.05, 4.69) is 16.8 Å². The lowest BCUT2D eigenvalue weighted by molar-refractivity contribution is 0.00973. The maximum Gasteiger partial charge on any atom is 0.272 e. The van der Waals surface area contributed by atoms with Gasteiger partial charge in [0, 0.05) is 6.92 Å². The van der Waals surface area contributed by atoms with Gasteiger partial charge in [-0.3, -0.25) is 0 Å². The third-order valence-electron chi connectivity index (χ3n) is 0.415. The number of hydrogen-bond donors (Lipinski definition) is 1. The van der Waals surface area contributed by atoms with Gasteiger partial charge in [0.1, 0.15) is 6.11 Å². The minimum atomic E-state index is -1.19. The molecule has 0 aliphatic rings. The highest BCUT2D eigenvalue weighted by atomic mass is 16.6. The summed E-state index contributed by atoms with van der Waals surface area (Å²) < 4.78 is 4.30. The molecule has 0 aromatic rings. The Labute approximate surface area is 48.5 Å². The predicted octanol–water partition coefficient (Wildman–Crippen LogP) is -0.0646. The molecule has 0 amide bonds. The van der Waals surface area contributed by atoms with E-state index < -0.39 is 6.29 Å². The zero-order valence-electron chi connectivity index (χ0n) is 4.51. The molecule has 0 aliphatic heterocycles. The van der Waals surface area contributed by atoms with Crippen LogP contribution in [0.2, 0.25) is 0 Å². The van der Waals surface area contributed by atoms with Crippen LogP contribution in [0.15, 0.2) is 0 Å². The van der Waals surface area contributed by atoms with Crippen LogP contribution in [0.3, 0.4) is 0 Å². The van der Waals surface area contributed by atoms with Crippen molar-refractivity contribution in [3.05, 3.63) is 0 Å². The quantitative estimate of drug-likeness (QED) is 0.378. The smallest absolute Gasteiger partial charge is 0.272 e. The first-order valence-electron chi connectivity index (χ1n) is 2.03. The van der Waals surface area contributed by atoms with E-state index in [9.17, 15) is 0 Å². The molecule has 0 saturated heterocycles. The van der Waals surface area contributed by atoms with Gasteiger partial charge in [-0.1, -0.05) is 5.92 Å². The van der Waals surface area contributed by atoms with Crippen LogP contribution in [-0.2, 0) is 4.74 Å². The maximum atomic E-state index is 8.43. The van der Waals surface area contributed by atoms with Gasteiger partial charge in [-0.25, -0.2) is 0 Å². The zero-order valence-corrected chi connectivity index (χ0v) is 4.51. The Bertz CT molecular complexity index is 144. The van der Waals surface area contributed by atoms with Crippen LogP contribution < -0.4 is 0 Å². The second-order valence-corrected chi connectivity index (χ2v) is 0.989. The topological polar surface area (TPSA) is 29.5 Å². The van der Waals surface area contributed by atoms with Gasteiger partial charge in [-0.2, -0.15) is 0 Å². The van der Waals surface area contributed by atoms with Crippen LogP contribution in [-0.4, -0.2) is 11.4 Å². The molecule has 1 atom stereocenters. The summed E-state index contributed by atoms with van der Waals surface area (Å²) in [6, 6.07) is 0. The van der Waals surface area contributed by atoms with E-state index in [4.69, 9.17) is 11.5 Å². The first-order chi connectivity index (χ1) is 3.81. The van der Waals surface area contributed by atoms with Crippen LogP contribution >= 0.6 is 0 Å². The SMILES string of the molecule is C#CC(O)OC#CC. The molecule has 0 aromatic heterocycles. The Kier molecular flexibility index (Phi) is 3.48. The molecule has 8 heavy (non-hydrogen) atoms. The Hall–Kier alpha value is -1.12. The van der Waals surface area contributed by atoms with Crippen molar-refractivity contribution in [2.45, 2.75) is 13.2 Å². The molecule has 0 aromatic carbocycles. The highest BCUT2D eigenvalue weighted by Gasteiger charge is 1.90. The molecule has 0 heterocycles. The van der Waals surface area contributed by atoms with Crippen molar-refractivity contribution in [1.82, 2.24) is 0 Å². The van der Waals surface area contributed by atoms with Crippen LogP contribution in [0.5, 0.6) is 0 Å². The van der Waals surface area contributed by atoms with Gasteiger partial charge < -0.3 is 9.84 Å². The molecule has 42 valence electrons. The minimum Gasteiger partial charge on any atom is -0.403 e. The number of terminal acetylenes is 1. The number of ether oxygens (including phenoxy) is 1. The standard InChI is InChI=1S/C6H6O2/c1-3-5-8-6(7)4-2/h2,6-7H,1H3. The van der Waals surface area contributed by atoms with Gasteiger partial charge in [-0.05, 0) is 5.92 Å². The second kappa shape index (κ2) is 4.05. The first kappa shape index (κ1) is 6.88. The average molecular weight is 110 g/mol. The Balaban J connectivity index is 3.38. The summed E-state index contributed by atoms with van der Waals surface area (Å²) in [6.45, 7) is 1.59. The molecule has 2 heteroatoms. The first-order valence-corrected chi connectivity index (χ1v) is 2.03. The summed E-state index contributed by atoms with van der Waals surface area (Å²) in [5.41, 5.74) is 0. The third kappa shape index (κ3) is 3.08. The summed E-state index contributed by atoms with van der Waals surface area (Å²) >= 11 is 0. The molecule has 2 nitrogen and oxygen atoms in total. The maximum absolute atomic E-state index is 8.43. The lowest BCUT2D eigenvalue weighted by atomic mass is 10.7. The molecular weight excluding hydrogens is 104 g/mol. The summed E-state index contributed by atoms with van der Waals surface area (Å²) in [4.78, 5) is 0. The van der Waals surface area contributed by atoms with Crippen molar-refractivity contribution in [3.63, 3.8) is 0 Å². The summed E-state index contributed by atoms with van der Waals surface area (Å²) in [5, 5.41) is 8.43. The van der Waals surface area contributed by atoms with Crippen molar-refractivity contribution < 1.29 is 9.84 Å². The van der Waals surface area contributed by atoms with E-state index in [0.717, 1.165) is 0 Å². The fourth-order valence-electron chi connectivity index (χ4n) is 0.149. The summed E-state index contributed by atoms with van der Waals surface area (Å²) in [5.74, 6) is 4.34. The fraction of sp³-hybridized carbons (Fsp3) is 0.333. The largest absolute Gasteiger partial charge is 0.403 e. The molecule has 0 spiro atoms. The second-order valence-electron chi connectivity index (χ2n) is 0.989. The molecule has 0 rings (SSSR count). The van der Waals surface area contributed by atoms with Gasteiger partial charge in [-0.15, -0.1) is 6.42 Å². The highest BCUT2D eigenvalue weighted by molar-refractivity contribution is 4.93. The monoisotopic (exact) mass is 110 g/mol. The van der Waals surface area contributed by atoms with Crippen LogP contribution in [0, 0.1) is 24.4 Å². The lowest BCUT2D eigenvalue weighted by Gasteiger charge is -1.94. The zero-order chi connectivity index (χ0) is 6.41. The van der Waals surface area contributed by atoms with Crippen LogP contribution in [0.4, 0.5) is 0 Å². The van der Waals surface area contributed by atoms with Crippen LogP contribution in [0.25, 0.3) is 0 Å². The Morgan fingerprint density at radius 3 is 2.75 bits per heavy atom. The van der Waals surface area contributed by atoms with Gasteiger partial charge >= 0.3 is 0 Å². The fourth-order valence-corrected chi connectivity index (χ4v) is 0.149. The molecule has 0 aliphatic carbocycles. The number of hydrogen-bond acceptors (Lipinski definition) is 2. The van der Waals surface area contributed by atoms with E-state index in [1.54, 1.807) is 6.92 Å². The predicted molar refractivity (Wildman–Crippen MR) is 29.4 cm³/mol. The van der Waals surface area contributed by atoms with Crippen molar-refractivity contribution >= 4 is 0 Å². The lowest BCUT2D eigenvalue weighted by Crippen LogP contribution is -2.03. The van der Waals surface area contributed by atoms with E-state index in [-0.39, 0.29) is 0 Å². The van der Waals surface area contributed by atoms with E-state index in [1.165, 1.54) is 0 Å². The van der Waals surface area contributed by atoms with Gasteiger partial charge in [0.25, 0.3) is 6.29 Å². The number of rotatable bonds is 1. The van der Waals surface area contributed by atoms with Crippen LogP contribution in [0.1, 0.15) is 6.92 Å². The number of aliphatic hydroxyl groups is 1. The molecule has 0 bridgehead atoms. The van der Waals surface area contributed by atoms with E-state index in [0.29, 0.717) is 0 Å². The summed E-state index contributed by atoms with van der Waals surface area (Å²) in [6.07, 6.45) is 5.68. The third-order valence-corrected chi connectivity index (χ3v) is 0.415. The van der Waals surface area contributed by atoms with Crippen molar-refractivity contribution in [1.29, 1.82) is 0 Å². The number of aliphatic hydroxyl groups excluding tert-OH is 1. The summed E-state index contributed by atoms with van der Waals surface area (Å²) in [7, 11) is 0.